The van der Waals surface area contributed by atoms with Crippen LogP contribution in [-0.2, 0) is 31.8 Å². The Morgan fingerprint density at radius 3 is 2.07 bits per heavy atom. The minimum atomic E-state index is -4.44. The Balaban J connectivity index is 1.68. The highest BCUT2D eigenvalue weighted by Crippen LogP contribution is 2.46. The van der Waals surface area contributed by atoms with Crippen LogP contribution in [0.1, 0.15) is 41.3 Å². The summed E-state index contributed by atoms with van der Waals surface area (Å²) >= 11 is 0. The summed E-state index contributed by atoms with van der Waals surface area (Å²) in [4.78, 5) is 61.8. The molecule has 0 heterocycles. The topological polar surface area (TPSA) is 168 Å². The number of hydrogen-bond donors (Lipinski definition) is 5. The molecular weight excluding hydrogens is 574 g/mol. The van der Waals surface area contributed by atoms with Gasteiger partial charge >= 0.3 is 0 Å². The summed E-state index contributed by atoms with van der Waals surface area (Å²) in [5.74, 6) is -5.12. The number of halogens is 1. The van der Waals surface area contributed by atoms with Gasteiger partial charge < -0.3 is 26.6 Å². The number of hydrogen-bond acceptors (Lipinski definition) is 5. The Hall–Kier alpha value is -4.34. The molecule has 4 atom stereocenters. The number of carbonyl (C=O) groups is 4. The van der Waals surface area contributed by atoms with E-state index < -0.39 is 60.8 Å². The summed E-state index contributed by atoms with van der Waals surface area (Å²) in [6.07, 6.45) is -0.127. The highest BCUT2D eigenvalue weighted by molar-refractivity contribution is 7.59. The number of benzene rings is 3. The van der Waals surface area contributed by atoms with Gasteiger partial charge in [0, 0.05) is 12.0 Å². The van der Waals surface area contributed by atoms with Gasteiger partial charge in [0.05, 0.1) is 0 Å². The molecule has 0 aliphatic carbocycles. The zero-order valence-electron chi connectivity index (χ0n) is 23.7. The molecule has 0 aliphatic rings. The first kappa shape index (κ1) is 33.2. The number of nitrogens with two attached hydrogens (primary N) is 1. The molecule has 0 bridgehead atoms. The number of nitrogens with one attached hydrogen (secondary N) is 3. The molecule has 10 nitrogen and oxygen atoms in total. The van der Waals surface area contributed by atoms with Gasteiger partial charge in [0.2, 0.25) is 25.1 Å². The van der Waals surface area contributed by atoms with Gasteiger partial charge in [0.15, 0.2) is 0 Å². The lowest BCUT2D eigenvalue weighted by Gasteiger charge is -2.25. The molecule has 0 saturated carbocycles. The first-order valence-corrected chi connectivity index (χ1v) is 15.7. The first-order chi connectivity index (χ1) is 20.5. The minimum Gasteiger partial charge on any atom is -0.368 e. The molecule has 0 radical (unpaired) electrons. The Morgan fingerprint density at radius 1 is 0.860 bits per heavy atom. The van der Waals surface area contributed by atoms with Crippen LogP contribution in [0.4, 0.5) is 4.39 Å². The van der Waals surface area contributed by atoms with Crippen molar-refractivity contribution >= 4 is 31.0 Å². The van der Waals surface area contributed by atoms with Gasteiger partial charge in [-0.1, -0.05) is 73.7 Å². The molecule has 0 aromatic heterocycles. The molecule has 2 unspecified atom stereocenters. The molecule has 43 heavy (non-hydrogen) atoms. The van der Waals surface area contributed by atoms with E-state index in [0.717, 1.165) is 17.7 Å². The quantitative estimate of drug-likeness (QED) is 0.166. The number of amides is 4. The third kappa shape index (κ3) is 10.5. The number of primary amides is 1. The number of aryl methyl sites for hydroxylation is 1. The lowest BCUT2D eigenvalue weighted by molar-refractivity contribution is -0.131. The van der Waals surface area contributed by atoms with Crippen LogP contribution in [-0.4, -0.2) is 52.6 Å². The molecule has 3 rings (SSSR count). The third-order valence-corrected chi connectivity index (χ3v) is 8.82. The molecule has 6 N–H and O–H groups in total. The van der Waals surface area contributed by atoms with Crippen molar-refractivity contribution in [1.29, 1.82) is 0 Å². The summed E-state index contributed by atoms with van der Waals surface area (Å²) in [5.41, 5.74) is 7.02. The average Bonchev–Trinajstić information content (AvgIpc) is 2.98. The predicted molar refractivity (Wildman–Crippen MR) is 161 cm³/mol. The fourth-order valence-electron chi connectivity index (χ4n) is 4.42. The van der Waals surface area contributed by atoms with Crippen molar-refractivity contribution in [3.05, 3.63) is 107 Å². The van der Waals surface area contributed by atoms with E-state index in [1.165, 1.54) is 12.1 Å². The Kier molecular flexibility index (Phi) is 12.2. The van der Waals surface area contributed by atoms with Gasteiger partial charge in [0.1, 0.15) is 29.8 Å². The van der Waals surface area contributed by atoms with Crippen LogP contribution >= 0.6 is 7.37 Å². The standard InChI is InChI=1S/C31H36FN4O6P/c1-2-25(31(40)35-26(29(33)38)17-16-21-10-5-3-6-11-21)34-27(37)20-43(41,42)28(18-22-12-7-4-8-13-22)36-30(39)23-14-9-15-24(32)19-23/h3-15,19,25-26,28H,2,16-18,20H2,1H3,(H2,33,38)(H,34,37)(H,35,40)(H,36,39)(H,41,42)/t25-,26-,28?/m0/s1. The van der Waals surface area contributed by atoms with E-state index in [1.807, 2.05) is 30.3 Å². The van der Waals surface area contributed by atoms with Gasteiger partial charge in [-0.15, -0.1) is 0 Å². The van der Waals surface area contributed by atoms with Crippen LogP contribution in [0.15, 0.2) is 84.9 Å². The van der Waals surface area contributed by atoms with Gasteiger partial charge in [-0.25, -0.2) is 4.39 Å². The van der Waals surface area contributed by atoms with Crippen LogP contribution in [0.2, 0.25) is 0 Å². The van der Waals surface area contributed by atoms with Gasteiger partial charge in [-0.2, -0.15) is 0 Å². The molecule has 3 aromatic rings. The predicted octanol–water partition coefficient (Wildman–Crippen LogP) is 2.89. The fraction of sp³-hybridized carbons (Fsp3) is 0.290. The monoisotopic (exact) mass is 610 g/mol. The molecule has 0 spiro atoms. The normalized spacial score (nSPS) is 14.4. The van der Waals surface area contributed by atoms with Crippen LogP contribution < -0.4 is 21.7 Å². The molecule has 0 saturated heterocycles. The maximum atomic E-state index is 13.7. The lowest BCUT2D eigenvalue weighted by Crippen LogP contribution is -2.53. The number of rotatable bonds is 15. The second-order valence-electron chi connectivity index (χ2n) is 10.1. The smallest absolute Gasteiger partial charge is 0.252 e. The molecular formula is C31H36FN4O6P. The SMILES string of the molecule is CC[C@H](NC(=O)CP(=O)(O)C(Cc1ccccc1)NC(=O)c1cccc(F)c1)C(=O)N[C@@H](CCc1ccccc1)C(N)=O. The van der Waals surface area contributed by atoms with Crippen LogP contribution in [0.25, 0.3) is 0 Å². The second kappa shape index (κ2) is 15.8. The van der Waals surface area contributed by atoms with Crippen molar-refractivity contribution < 1.29 is 33.0 Å². The van der Waals surface area contributed by atoms with Crippen molar-refractivity contribution in [3.63, 3.8) is 0 Å². The Bertz CT molecular complexity index is 1460. The molecule has 3 aromatic carbocycles. The van der Waals surface area contributed by atoms with Crippen LogP contribution in [0.5, 0.6) is 0 Å². The summed E-state index contributed by atoms with van der Waals surface area (Å²) in [5, 5.41) is 7.50. The maximum absolute atomic E-state index is 13.7. The number of carbonyl (C=O) groups excluding carboxylic acids is 4. The summed E-state index contributed by atoms with van der Waals surface area (Å²) in [6, 6.07) is 20.7. The van der Waals surface area contributed by atoms with Crippen LogP contribution in [0, 0.1) is 5.82 Å². The highest BCUT2D eigenvalue weighted by Gasteiger charge is 2.36. The maximum Gasteiger partial charge on any atom is 0.252 e. The molecule has 4 amide bonds. The molecule has 228 valence electrons. The van der Waals surface area contributed by atoms with Crippen molar-refractivity contribution in [2.45, 2.75) is 50.5 Å². The molecule has 0 aliphatic heterocycles. The Labute approximate surface area is 249 Å². The van der Waals surface area contributed by atoms with Gasteiger partial charge in [-0.3, -0.25) is 23.7 Å². The second-order valence-corrected chi connectivity index (χ2v) is 12.6. The largest absolute Gasteiger partial charge is 0.368 e. The zero-order chi connectivity index (χ0) is 31.4. The van der Waals surface area contributed by atoms with Crippen LogP contribution in [0.3, 0.4) is 0 Å². The highest BCUT2D eigenvalue weighted by atomic mass is 31.2. The Morgan fingerprint density at radius 2 is 1.49 bits per heavy atom. The fourth-order valence-corrected chi connectivity index (χ4v) is 5.96. The van der Waals surface area contributed by atoms with E-state index >= 15 is 0 Å². The first-order valence-electron chi connectivity index (χ1n) is 13.8. The van der Waals surface area contributed by atoms with E-state index in [0.29, 0.717) is 12.0 Å². The van der Waals surface area contributed by atoms with Crippen molar-refractivity contribution in [2.75, 3.05) is 6.16 Å². The lowest BCUT2D eigenvalue weighted by atomic mass is 10.0. The average molecular weight is 611 g/mol. The summed E-state index contributed by atoms with van der Waals surface area (Å²) in [6.45, 7) is 1.63. The zero-order valence-corrected chi connectivity index (χ0v) is 24.6. The van der Waals surface area contributed by atoms with E-state index in [2.05, 4.69) is 16.0 Å². The van der Waals surface area contributed by atoms with E-state index in [9.17, 15) is 33.0 Å². The third-order valence-electron chi connectivity index (χ3n) is 6.80. The van der Waals surface area contributed by atoms with Crippen molar-refractivity contribution in [2.24, 2.45) is 5.73 Å². The van der Waals surface area contributed by atoms with E-state index in [4.69, 9.17) is 5.73 Å². The van der Waals surface area contributed by atoms with Gasteiger partial charge in [-0.05, 0) is 48.6 Å². The summed E-state index contributed by atoms with van der Waals surface area (Å²) in [7, 11) is -4.44. The van der Waals surface area contributed by atoms with Crippen molar-refractivity contribution in [3.8, 4) is 0 Å². The molecule has 0 fully saturated rings. The molecule has 12 heteroatoms. The van der Waals surface area contributed by atoms with Crippen molar-refractivity contribution in [1.82, 2.24) is 16.0 Å². The summed E-state index contributed by atoms with van der Waals surface area (Å²) < 4.78 is 27.2. The van der Waals surface area contributed by atoms with Gasteiger partial charge in [0.25, 0.3) is 5.91 Å². The minimum absolute atomic E-state index is 0.0542. The van der Waals surface area contributed by atoms with E-state index in [-0.39, 0.29) is 24.8 Å². The van der Waals surface area contributed by atoms with E-state index in [1.54, 1.807) is 37.3 Å².